The molecule has 1 aliphatic rings. The molecule has 5 rings (SSSR count). The van der Waals surface area contributed by atoms with Gasteiger partial charge < -0.3 is 20.2 Å². The number of nitrogens with zero attached hydrogens (tertiary/aromatic N) is 5. The largest absolute Gasteiger partial charge is 0.383 e. The summed E-state index contributed by atoms with van der Waals surface area (Å²) in [5, 5.41) is 4.44. The van der Waals surface area contributed by atoms with Crippen molar-refractivity contribution in [2.75, 3.05) is 12.3 Å². The maximum absolute atomic E-state index is 12.1. The molecule has 0 fully saturated rings. The van der Waals surface area contributed by atoms with Crippen LogP contribution in [-0.2, 0) is 20.8 Å². The van der Waals surface area contributed by atoms with Crippen LogP contribution in [0.25, 0.3) is 28.0 Å². The van der Waals surface area contributed by atoms with Crippen LogP contribution in [0.2, 0.25) is 0 Å². The van der Waals surface area contributed by atoms with Crippen molar-refractivity contribution in [1.82, 2.24) is 24.5 Å². The zero-order valence-electron chi connectivity index (χ0n) is 19.4. The Balaban J connectivity index is 1.54. The van der Waals surface area contributed by atoms with E-state index in [2.05, 4.69) is 10.1 Å². The summed E-state index contributed by atoms with van der Waals surface area (Å²) in [6, 6.07) is 13.8. The Morgan fingerprint density at radius 3 is 2.56 bits per heavy atom. The predicted octanol–water partition coefficient (Wildman–Crippen LogP) is 3.20. The number of aromatic nitrogens is 4. The minimum atomic E-state index is -0.250. The number of anilines is 1. The van der Waals surface area contributed by atoms with Crippen molar-refractivity contribution < 1.29 is 14.4 Å². The van der Waals surface area contributed by atoms with Gasteiger partial charge in [-0.2, -0.15) is 9.61 Å². The van der Waals surface area contributed by atoms with E-state index in [-0.39, 0.29) is 24.7 Å². The molecule has 0 aliphatic carbocycles. The summed E-state index contributed by atoms with van der Waals surface area (Å²) in [6.45, 7) is 0.443. The highest BCUT2D eigenvalue weighted by Gasteiger charge is 2.25. The van der Waals surface area contributed by atoms with E-state index in [9.17, 15) is 14.4 Å². The number of benzene rings is 1. The van der Waals surface area contributed by atoms with E-state index in [4.69, 9.17) is 10.7 Å². The Kier molecular flexibility index (Phi) is 6.36. The second-order valence-corrected chi connectivity index (χ2v) is 8.52. The lowest BCUT2D eigenvalue weighted by Crippen LogP contribution is -2.31. The van der Waals surface area contributed by atoms with Crippen LogP contribution >= 0.6 is 0 Å². The van der Waals surface area contributed by atoms with Crippen LogP contribution in [0.4, 0.5) is 5.82 Å². The average molecular weight is 481 g/mol. The van der Waals surface area contributed by atoms with Crippen LogP contribution in [0.1, 0.15) is 30.0 Å². The van der Waals surface area contributed by atoms with E-state index in [0.29, 0.717) is 42.0 Å². The van der Waals surface area contributed by atoms with Crippen molar-refractivity contribution in [2.45, 2.75) is 25.2 Å². The van der Waals surface area contributed by atoms with Gasteiger partial charge in [0.05, 0.1) is 24.0 Å². The number of fused-ring (bicyclic) bond motifs is 1. The monoisotopic (exact) mass is 480 g/mol. The lowest BCUT2D eigenvalue weighted by molar-refractivity contribution is -0.130. The third-order valence-electron chi connectivity index (χ3n) is 6.36. The Morgan fingerprint density at radius 2 is 1.89 bits per heavy atom. The van der Waals surface area contributed by atoms with Crippen molar-refractivity contribution in [1.29, 1.82) is 0 Å². The van der Waals surface area contributed by atoms with E-state index in [1.807, 2.05) is 48.5 Å². The summed E-state index contributed by atoms with van der Waals surface area (Å²) < 4.78 is 1.55. The zero-order valence-corrected chi connectivity index (χ0v) is 19.4. The van der Waals surface area contributed by atoms with Gasteiger partial charge in [0.15, 0.2) is 5.65 Å². The van der Waals surface area contributed by atoms with Crippen molar-refractivity contribution >= 4 is 29.9 Å². The smallest absolute Gasteiger partial charge is 0.233 e. The third-order valence-corrected chi connectivity index (χ3v) is 6.36. The number of hydrogen-bond acceptors (Lipinski definition) is 7. The number of allylic oxidation sites excluding steroid dienone is 1. The normalized spacial score (nSPS) is 15.2. The fourth-order valence-corrected chi connectivity index (χ4v) is 4.48. The Morgan fingerprint density at radius 1 is 1.06 bits per heavy atom. The maximum Gasteiger partial charge on any atom is 0.233 e. The van der Waals surface area contributed by atoms with Gasteiger partial charge in [0.1, 0.15) is 18.4 Å². The number of rotatable bonds is 7. The van der Waals surface area contributed by atoms with Crippen LogP contribution < -0.4 is 5.73 Å². The van der Waals surface area contributed by atoms with E-state index in [1.165, 1.54) is 4.90 Å². The number of nitrogens with two attached hydrogens (primary N) is 1. The summed E-state index contributed by atoms with van der Waals surface area (Å²) in [6.07, 6.45) is 8.96. The predicted molar refractivity (Wildman–Crippen MR) is 135 cm³/mol. The minimum Gasteiger partial charge on any atom is -0.383 e. The minimum absolute atomic E-state index is 0.102. The number of carbonyl (C=O) groups is 3. The van der Waals surface area contributed by atoms with Gasteiger partial charge >= 0.3 is 0 Å². The van der Waals surface area contributed by atoms with Gasteiger partial charge in [-0.1, -0.05) is 42.5 Å². The topological polar surface area (TPSA) is 124 Å². The highest BCUT2D eigenvalue weighted by molar-refractivity contribution is 5.88. The SMILES string of the molecule is Nc1c(CC=O)c(C2C=CN(C(=O)CC=O)CC2)nc2c(-c3ccc(-c4ccccc4)nc3)cnn12. The number of amides is 1. The number of aldehydes is 2. The molecule has 9 heteroatoms. The van der Waals surface area contributed by atoms with E-state index in [1.54, 1.807) is 23.1 Å². The fourth-order valence-electron chi connectivity index (χ4n) is 4.48. The number of pyridine rings is 1. The van der Waals surface area contributed by atoms with Crippen molar-refractivity contribution in [3.05, 3.63) is 78.4 Å². The molecule has 3 aromatic heterocycles. The summed E-state index contributed by atoms with van der Waals surface area (Å²) in [5.74, 6) is -0.0378. The lowest BCUT2D eigenvalue weighted by atomic mass is 9.93. The third kappa shape index (κ3) is 4.26. The molecule has 4 heterocycles. The Bertz CT molecular complexity index is 1460. The molecule has 9 nitrogen and oxygen atoms in total. The van der Waals surface area contributed by atoms with Gasteiger partial charge in [0.25, 0.3) is 0 Å². The van der Waals surface area contributed by atoms with Crippen LogP contribution in [0.5, 0.6) is 0 Å². The molecule has 4 aromatic rings. The average Bonchev–Trinajstić information content (AvgIpc) is 3.35. The fraction of sp³-hybridized carbons (Fsp3) is 0.185. The summed E-state index contributed by atoms with van der Waals surface area (Å²) in [7, 11) is 0. The molecule has 1 aliphatic heterocycles. The maximum atomic E-state index is 12.1. The van der Waals surface area contributed by atoms with Crippen molar-refractivity contribution in [3.8, 4) is 22.4 Å². The molecule has 0 spiro atoms. The molecule has 1 atom stereocenters. The first-order chi connectivity index (χ1) is 17.6. The lowest BCUT2D eigenvalue weighted by Gasteiger charge is -2.27. The van der Waals surface area contributed by atoms with Gasteiger partial charge in [-0.25, -0.2) is 4.98 Å². The van der Waals surface area contributed by atoms with Gasteiger partial charge in [-0.15, -0.1) is 0 Å². The number of nitrogen functional groups attached to an aromatic ring is 1. The van der Waals surface area contributed by atoms with Crippen LogP contribution in [-0.4, -0.2) is 49.5 Å². The number of carbonyl (C=O) groups excluding carboxylic acids is 3. The van der Waals surface area contributed by atoms with Gasteiger partial charge in [0.2, 0.25) is 5.91 Å². The van der Waals surface area contributed by atoms with E-state index < -0.39 is 0 Å². The second-order valence-electron chi connectivity index (χ2n) is 8.52. The molecule has 36 heavy (non-hydrogen) atoms. The second kappa shape index (κ2) is 9.91. The van der Waals surface area contributed by atoms with Gasteiger partial charge in [-0.3, -0.25) is 9.78 Å². The molecule has 1 unspecified atom stereocenters. The molecule has 1 amide bonds. The first-order valence-electron chi connectivity index (χ1n) is 11.6. The molecule has 0 saturated carbocycles. The summed E-state index contributed by atoms with van der Waals surface area (Å²) in [4.78, 5) is 45.3. The highest BCUT2D eigenvalue weighted by Crippen LogP contribution is 2.33. The molecule has 1 aromatic carbocycles. The summed E-state index contributed by atoms with van der Waals surface area (Å²) in [5.41, 5.74) is 11.8. The highest BCUT2D eigenvalue weighted by atomic mass is 16.2. The standard InChI is InChI=1S/C27H24N6O3/c28-26-21(10-14-34)25(19-8-12-32(13-9-19)24(36)11-15-35)31-27-22(17-30-33(26)27)20-6-7-23(29-16-20)18-4-2-1-3-5-18/h1-8,12,14-17,19H,9-11,13,28H2. The molecule has 0 bridgehead atoms. The van der Waals surface area contributed by atoms with Crippen LogP contribution in [0.15, 0.2) is 67.1 Å². The Labute approximate surface area is 207 Å². The molecule has 2 N–H and O–H groups in total. The molecule has 0 saturated heterocycles. The molecular formula is C27H24N6O3. The van der Waals surface area contributed by atoms with E-state index >= 15 is 0 Å². The van der Waals surface area contributed by atoms with Gasteiger partial charge in [0, 0.05) is 53.5 Å². The molecule has 0 radical (unpaired) electrons. The van der Waals surface area contributed by atoms with Gasteiger partial charge in [-0.05, 0) is 12.5 Å². The zero-order chi connectivity index (χ0) is 25.1. The first-order valence-corrected chi connectivity index (χ1v) is 11.6. The molecule has 180 valence electrons. The number of hydrogen-bond donors (Lipinski definition) is 1. The molecular weight excluding hydrogens is 456 g/mol. The van der Waals surface area contributed by atoms with Crippen LogP contribution in [0.3, 0.4) is 0 Å². The first kappa shape index (κ1) is 23.1. The summed E-state index contributed by atoms with van der Waals surface area (Å²) >= 11 is 0. The quantitative estimate of drug-likeness (QED) is 0.318. The van der Waals surface area contributed by atoms with Crippen molar-refractivity contribution in [3.63, 3.8) is 0 Å². The van der Waals surface area contributed by atoms with E-state index in [0.717, 1.165) is 28.7 Å². The van der Waals surface area contributed by atoms with Crippen molar-refractivity contribution in [2.24, 2.45) is 0 Å². The Hall–Kier alpha value is -4.66. The van der Waals surface area contributed by atoms with Crippen LogP contribution in [0, 0.1) is 0 Å².